The maximum atomic E-state index is 5.96. The fourth-order valence-electron chi connectivity index (χ4n) is 2.00. The number of fused-ring (bicyclic) bond motifs is 1. The standard InChI is InChI=1S/C16H13N3.ClH/c17-15-10-11-16(14-9-5-4-8-13(14)15)19-18-12-6-2-1-3-7-12;/h1-11H,17H2;1H. The molecule has 100 valence electrons. The molecule has 0 unspecified atom stereocenters. The quantitative estimate of drug-likeness (QED) is 0.506. The highest BCUT2D eigenvalue weighted by Gasteiger charge is 2.02. The van der Waals surface area contributed by atoms with Crippen LogP contribution in [0.1, 0.15) is 0 Å². The van der Waals surface area contributed by atoms with Gasteiger partial charge in [-0.25, -0.2) is 0 Å². The lowest BCUT2D eigenvalue weighted by atomic mass is 10.1. The predicted octanol–water partition coefficient (Wildman–Crippen LogP) is 5.26. The highest BCUT2D eigenvalue weighted by Crippen LogP contribution is 2.31. The van der Waals surface area contributed by atoms with Crippen molar-refractivity contribution in [1.29, 1.82) is 0 Å². The molecule has 0 atom stereocenters. The molecule has 3 aromatic carbocycles. The van der Waals surface area contributed by atoms with E-state index in [1.807, 2.05) is 66.7 Å². The van der Waals surface area contributed by atoms with Crippen LogP contribution in [0.2, 0.25) is 0 Å². The summed E-state index contributed by atoms with van der Waals surface area (Å²) in [4.78, 5) is 0. The number of rotatable bonds is 2. The third-order valence-corrected chi connectivity index (χ3v) is 2.96. The Kier molecular flexibility index (Phi) is 4.33. The third-order valence-electron chi connectivity index (χ3n) is 2.96. The van der Waals surface area contributed by atoms with Crippen LogP contribution in [-0.4, -0.2) is 0 Å². The van der Waals surface area contributed by atoms with E-state index in [0.717, 1.165) is 27.8 Å². The second-order valence-electron chi connectivity index (χ2n) is 4.26. The van der Waals surface area contributed by atoms with Gasteiger partial charge in [0, 0.05) is 16.5 Å². The van der Waals surface area contributed by atoms with Crippen LogP contribution in [0.15, 0.2) is 77.0 Å². The highest BCUT2D eigenvalue weighted by molar-refractivity contribution is 5.99. The molecular formula is C16H14ClN3. The molecule has 4 heteroatoms. The molecule has 0 saturated carbocycles. The van der Waals surface area contributed by atoms with Crippen LogP contribution >= 0.6 is 12.4 Å². The number of hydrogen-bond acceptors (Lipinski definition) is 3. The van der Waals surface area contributed by atoms with E-state index in [0.29, 0.717) is 0 Å². The molecule has 0 radical (unpaired) electrons. The molecule has 0 heterocycles. The van der Waals surface area contributed by atoms with Crippen molar-refractivity contribution in [1.82, 2.24) is 0 Å². The van der Waals surface area contributed by atoms with Gasteiger partial charge < -0.3 is 5.73 Å². The van der Waals surface area contributed by atoms with Crippen molar-refractivity contribution >= 4 is 40.2 Å². The first-order valence-corrected chi connectivity index (χ1v) is 6.08. The van der Waals surface area contributed by atoms with Gasteiger partial charge in [0.2, 0.25) is 0 Å². The molecule has 3 rings (SSSR count). The van der Waals surface area contributed by atoms with E-state index in [9.17, 15) is 0 Å². The number of benzene rings is 3. The molecule has 20 heavy (non-hydrogen) atoms. The summed E-state index contributed by atoms with van der Waals surface area (Å²) in [7, 11) is 0. The van der Waals surface area contributed by atoms with Gasteiger partial charge in [-0.2, -0.15) is 5.11 Å². The van der Waals surface area contributed by atoms with Gasteiger partial charge in [0.15, 0.2) is 0 Å². The minimum absolute atomic E-state index is 0. The van der Waals surface area contributed by atoms with Crippen molar-refractivity contribution < 1.29 is 0 Å². The van der Waals surface area contributed by atoms with Crippen LogP contribution in [0.3, 0.4) is 0 Å². The Balaban J connectivity index is 0.00000147. The first-order chi connectivity index (χ1) is 9.34. The summed E-state index contributed by atoms with van der Waals surface area (Å²) in [5.74, 6) is 0. The summed E-state index contributed by atoms with van der Waals surface area (Å²) >= 11 is 0. The first kappa shape index (κ1) is 14.0. The number of nitrogen functional groups attached to an aromatic ring is 1. The van der Waals surface area contributed by atoms with Crippen LogP contribution in [0.25, 0.3) is 10.8 Å². The van der Waals surface area contributed by atoms with Crippen LogP contribution in [0.4, 0.5) is 17.1 Å². The number of azo groups is 1. The summed E-state index contributed by atoms with van der Waals surface area (Å²) in [5, 5.41) is 10.6. The summed E-state index contributed by atoms with van der Waals surface area (Å²) in [5.41, 5.74) is 8.38. The summed E-state index contributed by atoms with van der Waals surface area (Å²) in [6.07, 6.45) is 0. The molecule has 0 amide bonds. The number of hydrogen-bond donors (Lipinski definition) is 1. The summed E-state index contributed by atoms with van der Waals surface area (Å²) in [6.45, 7) is 0. The lowest BCUT2D eigenvalue weighted by Crippen LogP contribution is -1.86. The van der Waals surface area contributed by atoms with E-state index in [4.69, 9.17) is 5.73 Å². The van der Waals surface area contributed by atoms with Crippen molar-refractivity contribution in [2.75, 3.05) is 5.73 Å². The summed E-state index contributed by atoms with van der Waals surface area (Å²) in [6, 6.07) is 21.4. The third kappa shape index (κ3) is 2.78. The molecule has 0 aliphatic carbocycles. The molecule has 3 nitrogen and oxygen atoms in total. The fraction of sp³-hybridized carbons (Fsp3) is 0. The lowest BCUT2D eigenvalue weighted by molar-refractivity contribution is 1.24. The number of nitrogens with zero attached hydrogens (tertiary/aromatic N) is 2. The van der Waals surface area contributed by atoms with Crippen molar-refractivity contribution in [3.8, 4) is 0 Å². The van der Waals surface area contributed by atoms with Gasteiger partial charge in [-0.15, -0.1) is 17.5 Å². The number of nitrogens with two attached hydrogens (primary N) is 1. The molecule has 0 fully saturated rings. The molecule has 0 aromatic heterocycles. The Morgan fingerprint density at radius 3 is 2.05 bits per heavy atom. The number of anilines is 1. The first-order valence-electron chi connectivity index (χ1n) is 6.08. The molecule has 0 aliphatic rings. The SMILES string of the molecule is Cl.Nc1ccc(N=Nc2ccccc2)c2ccccc12. The van der Waals surface area contributed by atoms with Gasteiger partial charge >= 0.3 is 0 Å². The fourth-order valence-corrected chi connectivity index (χ4v) is 2.00. The Labute approximate surface area is 123 Å². The van der Waals surface area contributed by atoms with Gasteiger partial charge in [-0.1, -0.05) is 42.5 Å². The van der Waals surface area contributed by atoms with Gasteiger partial charge in [-0.05, 0) is 24.3 Å². The lowest BCUT2D eigenvalue weighted by Gasteiger charge is -2.03. The van der Waals surface area contributed by atoms with Crippen LogP contribution in [0, 0.1) is 0 Å². The maximum Gasteiger partial charge on any atom is 0.0936 e. The van der Waals surface area contributed by atoms with Crippen molar-refractivity contribution in [2.24, 2.45) is 10.2 Å². The molecule has 2 N–H and O–H groups in total. The zero-order valence-electron chi connectivity index (χ0n) is 10.7. The molecule has 3 aromatic rings. The van der Waals surface area contributed by atoms with E-state index in [2.05, 4.69) is 10.2 Å². The van der Waals surface area contributed by atoms with Crippen molar-refractivity contribution in [3.63, 3.8) is 0 Å². The molecule has 0 aliphatic heterocycles. The average molecular weight is 284 g/mol. The van der Waals surface area contributed by atoms with E-state index in [1.165, 1.54) is 0 Å². The van der Waals surface area contributed by atoms with Gasteiger partial charge in [0.1, 0.15) is 0 Å². The normalized spacial score (nSPS) is 10.6. The molecular weight excluding hydrogens is 270 g/mol. The highest BCUT2D eigenvalue weighted by atomic mass is 35.5. The van der Waals surface area contributed by atoms with Crippen molar-refractivity contribution in [2.45, 2.75) is 0 Å². The minimum Gasteiger partial charge on any atom is -0.398 e. The van der Waals surface area contributed by atoms with Gasteiger partial charge in [0.05, 0.1) is 11.4 Å². The molecule has 0 bridgehead atoms. The zero-order valence-corrected chi connectivity index (χ0v) is 11.5. The van der Waals surface area contributed by atoms with Crippen LogP contribution in [0.5, 0.6) is 0 Å². The average Bonchev–Trinajstić information content (AvgIpc) is 2.48. The minimum atomic E-state index is 0. The van der Waals surface area contributed by atoms with E-state index in [-0.39, 0.29) is 12.4 Å². The smallest absolute Gasteiger partial charge is 0.0936 e. The zero-order chi connectivity index (χ0) is 13.1. The Bertz CT molecular complexity index is 739. The predicted molar refractivity (Wildman–Crippen MR) is 86.2 cm³/mol. The maximum absolute atomic E-state index is 5.96. The largest absolute Gasteiger partial charge is 0.398 e. The second-order valence-corrected chi connectivity index (χ2v) is 4.26. The van der Waals surface area contributed by atoms with Crippen LogP contribution < -0.4 is 5.73 Å². The van der Waals surface area contributed by atoms with E-state index >= 15 is 0 Å². The topological polar surface area (TPSA) is 50.7 Å². The molecule has 0 saturated heterocycles. The second kappa shape index (κ2) is 6.17. The Morgan fingerprint density at radius 2 is 1.30 bits per heavy atom. The van der Waals surface area contributed by atoms with Gasteiger partial charge in [0.25, 0.3) is 0 Å². The number of halogens is 1. The Morgan fingerprint density at radius 1 is 0.650 bits per heavy atom. The molecule has 0 spiro atoms. The van der Waals surface area contributed by atoms with Crippen molar-refractivity contribution in [3.05, 3.63) is 66.7 Å². The van der Waals surface area contributed by atoms with Gasteiger partial charge in [-0.3, -0.25) is 0 Å². The van der Waals surface area contributed by atoms with Crippen LogP contribution in [-0.2, 0) is 0 Å². The van der Waals surface area contributed by atoms with E-state index < -0.39 is 0 Å². The summed E-state index contributed by atoms with van der Waals surface area (Å²) < 4.78 is 0. The Hall–Kier alpha value is -2.39. The van der Waals surface area contributed by atoms with E-state index in [1.54, 1.807) is 0 Å². The monoisotopic (exact) mass is 283 g/mol.